The molecule has 0 aliphatic carbocycles. The second-order valence-electron chi connectivity index (χ2n) is 13.8. The van der Waals surface area contributed by atoms with Crippen LogP contribution in [0.15, 0.2) is 53.5 Å². The molecule has 12 nitrogen and oxygen atoms in total. The van der Waals surface area contributed by atoms with Crippen LogP contribution in [0.3, 0.4) is 0 Å². The van der Waals surface area contributed by atoms with Crippen molar-refractivity contribution in [3.63, 3.8) is 0 Å². The van der Waals surface area contributed by atoms with Crippen LogP contribution in [-0.4, -0.2) is 93.4 Å². The van der Waals surface area contributed by atoms with Gasteiger partial charge in [-0.15, -0.1) is 0 Å². The predicted molar refractivity (Wildman–Crippen MR) is 184 cm³/mol. The average molecular weight is 686 g/mol. The highest BCUT2D eigenvalue weighted by molar-refractivity contribution is 6.32. The van der Waals surface area contributed by atoms with Crippen molar-refractivity contribution in [2.45, 2.75) is 62.6 Å². The number of fused-ring (bicyclic) bond motifs is 1. The fourth-order valence-electron chi connectivity index (χ4n) is 7.96. The summed E-state index contributed by atoms with van der Waals surface area (Å²) in [6, 6.07) is 13.1. The quantitative estimate of drug-likeness (QED) is 0.378. The molecule has 5 heterocycles. The molecule has 4 aliphatic rings. The van der Waals surface area contributed by atoms with Gasteiger partial charge in [0.15, 0.2) is 0 Å². The minimum Gasteiger partial charge on any atom is -0.378 e. The molecule has 4 aliphatic heterocycles. The van der Waals surface area contributed by atoms with E-state index in [1.165, 1.54) is 4.68 Å². The van der Waals surface area contributed by atoms with Gasteiger partial charge in [-0.05, 0) is 79.5 Å². The number of aromatic nitrogens is 2. The lowest BCUT2D eigenvalue weighted by Gasteiger charge is -2.37. The molecule has 7 rings (SSSR count). The summed E-state index contributed by atoms with van der Waals surface area (Å²) in [5.74, 6) is -0.433. The average Bonchev–Trinajstić information content (AvgIpc) is 3.44. The van der Waals surface area contributed by atoms with Crippen LogP contribution in [0, 0.1) is 0 Å². The number of halogens is 1. The van der Waals surface area contributed by atoms with Crippen LogP contribution in [0.25, 0.3) is 0 Å². The Balaban J connectivity index is 0.969. The first-order valence-corrected chi connectivity index (χ1v) is 17.3. The Bertz CT molecular complexity index is 1870. The first-order chi connectivity index (χ1) is 23.6. The highest BCUT2D eigenvalue weighted by Crippen LogP contribution is 2.37. The second kappa shape index (κ2) is 13.4. The van der Waals surface area contributed by atoms with Crippen molar-refractivity contribution in [3.8, 4) is 0 Å². The molecule has 0 saturated carbocycles. The van der Waals surface area contributed by atoms with E-state index in [0.29, 0.717) is 42.9 Å². The smallest absolute Gasteiger partial charge is 0.287 e. The van der Waals surface area contributed by atoms with Gasteiger partial charge < -0.3 is 20.0 Å². The molecule has 4 amide bonds. The van der Waals surface area contributed by atoms with E-state index in [2.05, 4.69) is 33.7 Å². The lowest BCUT2D eigenvalue weighted by molar-refractivity contribution is -0.136. The number of hydrogen-bond acceptors (Lipinski definition) is 8. The number of nitrogens with zero attached hydrogens (tertiary/aromatic N) is 5. The molecule has 0 bridgehead atoms. The van der Waals surface area contributed by atoms with E-state index in [4.69, 9.17) is 11.6 Å². The van der Waals surface area contributed by atoms with Gasteiger partial charge in [0.1, 0.15) is 11.1 Å². The van der Waals surface area contributed by atoms with Crippen molar-refractivity contribution in [1.29, 1.82) is 0 Å². The zero-order valence-electron chi connectivity index (χ0n) is 27.7. The third-order valence-corrected chi connectivity index (χ3v) is 10.9. The molecule has 3 atom stereocenters. The summed E-state index contributed by atoms with van der Waals surface area (Å²) in [6.45, 7) is 3.25. The summed E-state index contributed by atoms with van der Waals surface area (Å²) in [6.07, 6.45) is 4.55. The Morgan fingerprint density at radius 3 is 2.45 bits per heavy atom. The number of aryl methyl sites for hydroxylation is 1. The van der Waals surface area contributed by atoms with Crippen LogP contribution in [0.5, 0.6) is 0 Å². The third kappa shape index (κ3) is 6.47. The fraction of sp³-hybridized carbons (Fsp3) is 0.444. The Morgan fingerprint density at radius 1 is 0.959 bits per heavy atom. The number of carbonyl (C=O) groups excluding carboxylic acids is 4. The number of rotatable bonds is 6. The van der Waals surface area contributed by atoms with Crippen molar-refractivity contribution >= 4 is 40.9 Å². The number of carbonyl (C=O) groups is 4. The van der Waals surface area contributed by atoms with Gasteiger partial charge in [0.2, 0.25) is 11.8 Å². The van der Waals surface area contributed by atoms with E-state index in [-0.39, 0.29) is 52.6 Å². The molecule has 3 fully saturated rings. The molecule has 49 heavy (non-hydrogen) atoms. The first kappa shape index (κ1) is 33.0. The number of hydrogen-bond donors (Lipinski definition) is 2. The maximum atomic E-state index is 13.6. The Morgan fingerprint density at radius 2 is 1.71 bits per heavy atom. The number of benzene rings is 2. The summed E-state index contributed by atoms with van der Waals surface area (Å²) >= 11 is 6.31. The fourth-order valence-corrected chi connectivity index (χ4v) is 8.19. The van der Waals surface area contributed by atoms with Crippen LogP contribution in [0.2, 0.25) is 5.02 Å². The molecule has 3 saturated heterocycles. The normalized spacial score (nSPS) is 23.4. The van der Waals surface area contributed by atoms with Gasteiger partial charge in [0.25, 0.3) is 17.4 Å². The van der Waals surface area contributed by atoms with Crippen molar-refractivity contribution < 1.29 is 19.2 Å². The molecular formula is C36H40ClN7O5. The van der Waals surface area contributed by atoms with E-state index >= 15 is 0 Å². The summed E-state index contributed by atoms with van der Waals surface area (Å²) < 4.78 is 1.21. The van der Waals surface area contributed by atoms with Gasteiger partial charge in [0.05, 0.1) is 11.9 Å². The summed E-state index contributed by atoms with van der Waals surface area (Å²) in [4.78, 5) is 69.1. The number of likely N-dealkylation sites (N-methyl/N-ethyl adjacent to an activating group) is 1. The summed E-state index contributed by atoms with van der Waals surface area (Å²) in [7, 11) is 3.64. The molecule has 2 N–H and O–H groups in total. The standard InChI is InChI=1S/C36H40ClN7O5/c1-41-18-24(16-25(19-41)39-29-17-38-42(2)36(49)32(29)37)21-6-8-23(9-7-21)34(47)43-14-12-22(13-15-43)26-4-3-5-27-28(26)20-44(35(27)48)30-10-11-31(45)40-33(30)46/h3-9,17,22,24-25,30,39H,10-16,18-20H2,1-2H3,(H,40,45,46)/t24-,25+,30?/m1/s1. The van der Waals surface area contributed by atoms with Gasteiger partial charge in [0, 0.05) is 63.4 Å². The molecule has 0 radical (unpaired) electrons. The highest BCUT2D eigenvalue weighted by Gasteiger charge is 2.41. The van der Waals surface area contributed by atoms with Gasteiger partial charge in [-0.25, -0.2) is 4.68 Å². The first-order valence-electron chi connectivity index (χ1n) is 16.9. The molecular weight excluding hydrogens is 646 g/mol. The molecule has 3 aromatic rings. The van der Waals surface area contributed by atoms with Crippen LogP contribution >= 0.6 is 11.6 Å². The number of piperidine rings is 3. The Kier molecular flexibility index (Phi) is 9.01. The van der Waals surface area contributed by atoms with E-state index in [9.17, 15) is 24.0 Å². The number of nitrogens with one attached hydrogen (secondary N) is 2. The maximum Gasteiger partial charge on any atom is 0.287 e. The van der Waals surface area contributed by atoms with Crippen molar-refractivity contribution in [2.24, 2.45) is 7.05 Å². The third-order valence-electron chi connectivity index (χ3n) is 10.5. The van der Waals surface area contributed by atoms with Gasteiger partial charge >= 0.3 is 0 Å². The molecule has 2 aromatic carbocycles. The lowest BCUT2D eigenvalue weighted by Crippen LogP contribution is -2.52. The minimum atomic E-state index is -0.642. The molecule has 1 unspecified atom stereocenters. The Hall–Kier alpha value is -4.55. The van der Waals surface area contributed by atoms with Gasteiger partial charge in [-0.1, -0.05) is 35.9 Å². The van der Waals surface area contributed by atoms with E-state index in [1.54, 1.807) is 18.1 Å². The molecule has 256 valence electrons. The molecule has 1 aromatic heterocycles. The van der Waals surface area contributed by atoms with E-state index in [1.807, 2.05) is 41.3 Å². The number of anilines is 1. The number of amides is 4. The van der Waals surface area contributed by atoms with Crippen LogP contribution < -0.4 is 16.2 Å². The summed E-state index contributed by atoms with van der Waals surface area (Å²) in [5.41, 5.74) is 4.69. The van der Waals surface area contributed by atoms with Crippen molar-refractivity contribution in [1.82, 2.24) is 29.8 Å². The van der Waals surface area contributed by atoms with E-state index in [0.717, 1.165) is 49.0 Å². The topological polar surface area (TPSA) is 137 Å². The monoisotopic (exact) mass is 685 g/mol. The largest absolute Gasteiger partial charge is 0.378 e. The van der Waals surface area contributed by atoms with Crippen LogP contribution in [0.4, 0.5) is 5.69 Å². The van der Waals surface area contributed by atoms with Crippen molar-refractivity contribution in [2.75, 3.05) is 38.5 Å². The van der Waals surface area contributed by atoms with Gasteiger partial charge in [-0.3, -0.25) is 29.3 Å². The van der Waals surface area contributed by atoms with E-state index < -0.39 is 11.9 Å². The zero-order chi connectivity index (χ0) is 34.4. The maximum absolute atomic E-state index is 13.6. The summed E-state index contributed by atoms with van der Waals surface area (Å²) in [5, 5.41) is 10.0. The Labute approximate surface area is 289 Å². The number of imide groups is 1. The van der Waals surface area contributed by atoms with Crippen LogP contribution in [0.1, 0.15) is 81.3 Å². The number of likely N-dealkylation sites (tertiary alicyclic amines) is 2. The van der Waals surface area contributed by atoms with Gasteiger partial charge in [-0.2, -0.15) is 5.10 Å². The minimum absolute atomic E-state index is 0.00982. The zero-order valence-corrected chi connectivity index (χ0v) is 28.4. The second-order valence-corrected chi connectivity index (χ2v) is 14.1. The SMILES string of the molecule is CN1C[C@@H](Nc2cnn(C)c(=O)c2Cl)C[C@@H](c2ccc(C(=O)N3CCC(c4cccc5c4CN(C4CCC(=O)NC4=O)C5=O)CC3)cc2)C1. The molecule has 0 spiro atoms. The highest BCUT2D eigenvalue weighted by atomic mass is 35.5. The van der Waals surface area contributed by atoms with Crippen LogP contribution in [-0.2, 0) is 23.2 Å². The van der Waals surface area contributed by atoms with Crippen molar-refractivity contribution in [3.05, 3.63) is 91.9 Å². The lowest BCUT2D eigenvalue weighted by atomic mass is 9.85. The molecule has 13 heteroatoms. The predicted octanol–water partition coefficient (Wildman–Crippen LogP) is 3.11.